The van der Waals surface area contributed by atoms with E-state index in [2.05, 4.69) is 4.98 Å². The number of benzene rings is 1. The minimum Gasteiger partial charge on any atom is -0.489 e. The number of hydroxylamine groups is 2. The highest BCUT2D eigenvalue weighted by Crippen LogP contribution is 2.39. The van der Waals surface area contributed by atoms with Gasteiger partial charge in [0.2, 0.25) is 0 Å². The van der Waals surface area contributed by atoms with Crippen molar-refractivity contribution >= 4 is 11.8 Å². The number of ether oxygens (including phenoxy) is 1. The van der Waals surface area contributed by atoms with Crippen molar-refractivity contribution in [1.29, 1.82) is 0 Å². The van der Waals surface area contributed by atoms with E-state index in [0.29, 0.717) is 30.2 Å². The number of amides is 2. The van der Waals surface area contributed by atoms with E-state index in [0.717, 1.165) is 49.8 Å². The Balaban J connectivity index is 1.56. The van der Waals surface area contributed by atoms with Gasteiger partial charge in [0, 0.05) is 30.9 Å². The van der Waals surface area contributed by atoms with Crippen LogP contribution in [0.1, 0.15) is 82.8 Å². The summed E-state index contributed by atoms with van der Waals surface area (Å²) in [4.78, 5) is 31.5. The highest BCUT2D eigenvalue weighted by molar-refractivity contribution is 5.95. The summed E-state index contributed by atoms with van der Waals surface area (Å²) in [7, 11) is 1.22. The first-order chi connectivity index (χ1) is 17.2. The molecule has 7 nitrogen and oxygen atoms in total. The zero-order valence-electron chi connectivity index (χ0n) is 20.1. The van der Waals surface area contributed by atoms with Crippen LogP contribution in [-0.4, -0.2) is 58.2 Å². The number of hydrogen-bond acceptors (Lipinski definition) is 5. The molecule has 0 unspecified atom stereocenters. The predicted molar refractivity (Wildman–Crippen MR) is 125 cm³/mol. The van der Waals surface area contributed by atoms with Crippen LogP contribution in [0, 0.1) is 0 Å². The minimum atomic E-state index is -4.54. The largest absolute Gasteiger partial charge is 0.489 e. The van der Waals surface area contributed by atoms with Crippen LogP contribution >= 0.6 is 0 Å². The van der Waals surface area contributed by atoms with Crippen LogP contribution in [0.3, 0.4) is 0 Å². The van der Waals surface area contributed by atoms with Gasteiger partial charge >= 0.3 is 6.18 Å². The van der Waals surface area contributed by atoms with Crippen molar-refractivity contribution in [3.8, 4) is 5.75 Å². The summed E-state index contributed by atoms with van der Waals surface area (Å²) in [6.45, 7) is 0.461. The van der Waals surface area contributed by atoms with E-state index >= 15 is 0 Å². The molecular formula is C26H30F3N3O4. The Morgan fingerprint density at radius 2 is 1.89 bits per heavy atom. The van der Waals surface area contributed by atoms with Gasteiger partial charge in [-0.1, -0.05) is 25.3 Å². The maximum Gasteiger partial charge on any atom is 0.416 e. The molecule has 1 atom stereocenters. The number of pyridine rings is 1. The van der Waals surface area contributed by atoms with Crippen LogP contribution in [0.15, 0.2) is 36.5 Å². The van der Waals surface area contributed by atoms with Crippen LogP contribution in [-0.2, 0) is 6.18 Å². The van der Waals surface area contributed by atoms with E-state index in [1.54, 1.807) is 0 Å². The molecule has 4 rings (SSSR count). The number of hydrogen-bond donors (Lipinski definition) is 1. The number of carbonyl (C=O) groups is 2. The van der Waals surface area contributed by atoms with Gasteiger partial charge in [0.1, 0.15) is 6.61 Å². The van der Waals surface area contributed by atoms with Gasteiger partial charge in [0.05, 0.1) is 11.6 Å². The standard InChI is InChI=1S/C26H30F3N3O4/c1-31(35)25(34)22-23(21(12-13-30-22)17-7-3-2-4-8-17)36-16-20-11-6-14-32(20)24(33)18-9-5-10-19(15-18)26(27,28)29/h5,9-10,12-13,15,17,20,35H,2-4,6-8,11,14,16H2,1H3/t20-/m1/s1. The second kappa shape index (κ2) is 10.9. The molecule has 0 radical (unpaired) electrons. The Kier molecular flexibility index (Phi) is 7.82. The van der Waals surface area contributed by atoms with Crippen molar-refractivity contribution in [2.75, 3.05) is 20.2 Å². The van der Waals surface area contributed by atoms with Crippen molar-refractivity contribution in [2.45, 2.75) is 63.1 Å². The second-order valence-electron chi connectivity index (χ2n) is 9.43. The normalized spacial score (nSPS) is 18.8. The number of likely N-dealkylation sites (tertiary alicyclic amines) is 1. The van der Waals surface area contributed by atoms with Crippen molar-refractivity contribution in [1.82, 2.24) is 14.9 Å². The third-order valence-electron chi connectivity index (χ3n) is 6.97. The molecular weight excluding hydrogens is 475 g/mol. The van der Waals surface area contributed by atoms with E-state index < -0.39 is 23.6 Å². The lowest BCUT2D eigenvalue weighted by Gasteiger charge is -2.28. The number of aromatic nitrogens is 1. The quantitative estimate of drug-likeness (QED) is 0.426. The predicted octanol–water partition coefficient (Wildman–Crippen LogP) is 5.29. The lowest BCUT2D eigenvalue weighted by atomic mass is 9.83. The summed E-state index contributed by atoms with van der Waals surface area (Å²) in [5, 5.41) is 10.2. The van der Waals surface area contributed by atoms with E-state index in [-0.39, 0.29) is 29.8 Å². The van der Waals surface area contributed by atoms with E-state index in [1.165, 1.54) is 30.3 Å². The Labute approximate surface area is 207 Å². The lowest BCUT2D eigenvalue weighted by Crippen LogP contribution is -2.39. The Bertz CT molecular complexity index is 1100. The highest BCUT2D eigenvalue weighted by atomic mass is 19.4. The topological polar surface area (TPSA) is 83.0 Å². The maximum atomic E-state index is 13.1. The lowest BCUT2D eigenvalue weighted by molar-refractivity contribution is -0.137. The molecule has 1 N–H and O–H groups in total. The van der Waals surface area contributed by atoms with Gasteiger partial charge in [0.15, 0.2) is 11.4 Å². The molecule has 2 fully saturated rings. The molecule has 0 spiro atoms. The van der Waals surface area contributed by atoms with Crippen LogP contribution in [0.4, 0.5) is 13.2 Å². The number of nitrogens with zero attached hydrogens (tertiary/aromatic N) is 3. The summed E-state index contributed by atoms with van der Waals surface area (Å²) in [6.07, 6.45) is 3.49. The fourth-order valence-electron chi connectivity index (χ4n) is 5.11. The first kappa shape index (κ1) is 25.9. The van der Waals surface area contributed by atoms with Gasteiger partial charge in [-0.15, -0.1) is 0 Å². The summed E-state index contributed by atoms with van der Waals surface area (Å²) in [6, 6.07) is 5.87. The molecule has 2 aromatic rings. The van der Waals surface area contributed by atoms with Crippen LogP contribution in [0.2, 0.25) is 0 Å². The zero-order chi connectivity index (χ0) is 25.9. The molecule has 1 saturated carbocycles. The minimum absolute atomic E-state index is 0.00294. The third-order valence-corrected chi connectivity index (χ3v) is 6.97. The SMILES string of the molecule is CN(O)C(=O)c1nccc(C2CCCCC2)c1OC[C@H]1CCCN1C(=O)c1cccc(C(F)(F)F)c1. The van der Waals surface area contributed by atoms with Crippen LogP contribution in [0.5, 0.6) is 5.75 Å². The molecule has 2 heterocycles. The van der Waals surface area contributed by atoms with E-state index in [4.69, 9.17) is 4.74 Å². The van der Waals surface area contributed by atoms with Crippen LogP contribution in [0.25, 0.3) is 0 Å². The number of halogens is 3. The smallest absolute Gasteiger partial charge is 0.416 e. The van der Waals surface area contributed by atoms with E-state index in [9.17, 15) is 28.0 Å². The van der Waals surface area contributed by atoms with Gasteiger partial charge in [-0.3, -0.25) is 14.8 Å². The summed E-state index contributed by atoms with van der Waals surface area (Å²) in [5.74, 6) is -0.698. The van der Waals surface area contributed by atoms with E-state index in [1.807, 2.05) is 6.07 Å². The molecule has 1 aromatic carbocycles. The highest BCUT2D eigenvalue weighted by Gasteiger charge is 2.34. The molecule has 0 bridgehead atoms. The summed E-state index contributed by atoms with van der Waals surface area (Å²) >= 11 is 0. The monoisotopic (exact) mass is 505 g/mol. The number of alkyl halides is 3. The molecule has 2 aliphatic rings. The van der Waals surface area contributed by atoms with Crippen molar-refractivity contribution < 1.29 is 32.7 Å². The molecule has 36 heavy (non-hydrogen) atoms. The van der Waals surface area contributed by atoms with Gasteiger partial charge in [-0.05, 0) is 55.9 Å². The Morgan fingerprint density at radius 1 is 1.14 bits per heavy atom. The summed E-state index contributed by atoms with van der Waals surface area (Å²) in [5.41, 5.74) is -0.0524. The first-order valence-corrected chi connectivity index (χ1v) is 12.2. The number of rotatable bonds is 6. The molecule has 1 aliphatic heterocycles. The van der Waals surface area contributed by atoms with Gasteiger partial charge in [0.25, 0.3) is 11.8 Å². The van der Waals surface area contributed by atoms with Gasteiger partial charge in [-0.25, -0.2) is 10.0 Å². The zero-order valence-corrected chi connectivity index (χ0v) is 20.1. The second-order valence-corrected chi connectivity index (χ2v) is 9.43. The fraction of sp³-hybridized carbons (Fsp3) is 0.500. The molecule has 10 heteroatoms. The number of carbonyl (C=O) groups excluding carboxylic acids is 2. The average Bonchev–Trinajstić information content (AvgIpc) is 3.35. The van der Waals surface area contributed by atoms with Gasteiger partial charge < -0.3 is 9.64 Å². The third kappa shape index (κ3) is 5.64. The fourth-order valence-corrected chi connectivity index (χ4v) is 5.11. The molecule has 194 valence electrons. The van der Waals surface area contributed by atoms with Crippen molar-refractivity contribution in [3.63, 3.8) is 0 Å². The molecule has 1 aromatic heterocycles. The van der Waals surface area contributed by atoms with Crippen LogP contribution < -0.4 is 4.74 Å². The Morgan fingerprint density at radius 3 is 2.58 bits per heavy atom. The first-order valence-electron chi connectivity index (χ1n) is 12.2. The van der Waals surface area contributed by atoms with Crippen molar-refractivity contribution in [3.05, 3.63) is 58.9 Å². The average molecular weight is 506 g/mol. The van der Waals surface area contributed by atoms with Crippen molar-refractivity contribution in [2.24, 2.45) is 0 Å². The molecule has 1 saturated heterocycles. The van der Waals surface area contributed by atoms with Gasteiger partial charge in [-0.2, -0.15) is 13.2 Å². The molecule has 2 amide bonds. The summed E-state index contributed by atoms with van der Waals surface area (Å²) < 4.78 is 45.6. The molecule has 1 aliphatic carbocycles. The Hall–Kier alpha value is -3.14. The maximum absolute atomic E-state index is 13.1.